The summed E-state index contributed by atoms with van der Waals surface area (Å²) in [6.07, 6.45) is 1.03. The van der Waals surface area contributed by atoms with Gasteiger partial charge in [-0.1, -0.05) is 23.2 Å². The van der Waals surface area contributed by atoms with Crippen LogP contribution in [0, 0.1) is 19.1 Å². The van der Waals surface area contributed by atoms with E-state index in [9.17, 15) is 13.6 Å². The highest BCUT2D eigenvalue weighted by Gasteiger charge is 2.29. The van der Waals surface area contributed by atoms with Gasteiger partial charge in [0.2, 0.25) is 11.4 Å². The molecule has 114 valence electrons. The van der Waals surface area contributed by atoms with Gasteiger partial charge in [0.25, 0.3) is 0 Å². The van der Waals surface area contributed by atoms with Crippen molar-refractivity contribution in [1.29, 1.82) is 0 Å². The van der Waals surface area contributed by atoms with E-state index < -0.39 is 9.84 Å². The Kier molecular flexibility index (Phi) is 3.94. The molecule has 0 aromatic carbocycles. The average molecular weight is 350 g/mol. The molecule has 2 heterocycles. The van der Waals surface area contributed by atoms with Crippen LogP contribution < -0.4 is 4.73 Å². The molecule has 0 bridgehead atoms. The normalized spacial score (nSPS) is 11.9. The van der Waals surface area contributed by atoms with Gasteiger partial charge in [-0.15, -0.1) is 0 Å². The minimum atomic E-state index is -3.56. The van der Waals surface area contributed by atoms with Crippen LogP contribution in [-0.4, -0.2) is 24.5 Å². The highest BCUT2D eigenvalue weighted by molar-refractivity contribution is 7.90. The van der Waals surface area contributed by atoms with E-state index in [1.165, 1.54) is 7.05 Å². The molecule has 0 aliphatic carbocycles. The first kappa shape index (κ1) is 16.1. The zero-order chi connectivity index (χ0) is 16.1. The topological polar surface area (TPSA) is 78.9 Å². The van der Waals surface area contributed by atoms with Gasteiger partial charge in [0.1, 0.15) is 10.0 Å². The molecule has 6 nitrogen and oxygen atoms in total. The summed E-state index contributed by atoms with van der Waals surface area (Å²) in [6, 6.07) is 1.62. The van der Waals surface area contributed by atoms with Crippen molar-refractivity contribution >= 4 is 33.0 Å². The van der Waals surface area contributed by atoms with Crippen LogP contribution in [0.15, 0.2) is 11.1 Å². The summed E-state index contributed by atoms with van der Waals surface area (Å²) in [4.78, 5) is 0. The van der Waals surface area contributed by atoms with Crippen molar-refractivity contribution in [3.63, 3.8) is 0 Å². The van der Waals surface area contributed by atoms with Gasteiger partial charge in [0.15, 0.2) is 20.6 Å². The van der Waals surface area contributed by atoms with E-state index in [1.807, 2.05) is 0 Å². The van der Waals surface area contributed by atoms with E-state index >= 15 is 0 Å². The SMILES string of the molecule is Cc1cc(Cl)c(C)[n+]([O-])c1-c1nn(C)c(S(C)(=O)=O)c1Cl. The maximum Gasteiger partial charge on any atom is 0.249 e. The van der Waals surface area contributed by atoms with E-state index in [2.05, 4.69) is 5.10 Å². The Balaban J connectivity index is 2.85. The predicted octanol–water partition coefficient (Wildman–Crippen LogP) is 2.05. The average Bonchev–Trinajstić information content (AvgIpc) is 2.61. The van der Waals surface area contributed by atoms with Crippen LogP contribution in [0.4, 0.5) is 0 Å². The lowest BCUT2D eigenvalue weighted by atomic mass is 10.1. The molecule has 0 spiro atoms. The van der Waals surface area contributed by atoms with Crippen LogP contribution in [0.1, 0.15) is 11.3 Å². The Hall–Kier alpha value is -1.31. The third-order valence-electron chi connectivity index (χ3n) is 3.09. The lowest BCUT2D eigenvalue weighted by Crippen LogP contribution is -2.34. The van der Waals surface area contributed by atoms with E-state index in [0.29, 0.717) is 21.0 Å². The van der Waals surface area contributed by atoms with Crippen molar-refractivity contribution in [2.45, 2.75) is 18.9 Å². The molecule has 9 heteroatoms. The first-order valence-corrected chi connectivity index (χ1v) is 8.52. The molecule has 0 radical (unpaired) electrons. The molecule has 0 N–H and O–H groups in total. The quantitative estimate of drug-likeness (QED) is 0.613. The third kappa shape index (κ3) is 2.61. The fourth-order valence-electron chi connectivity index (χ4n) is 2.11. The number of pyridine rings is 1. The molecule has 2 aromatic rings. The van der Waals surface area contributed by atoms with Gasteiger partial charge in [0, 0.05) is 25.8 Å². The first-order valence-electron chi connectivity index (χ1n) is 5.88. The van der Waals surface area contributed by atoms with E-state index in [-0.39, 0.29) is 21.4 Å². The van der Waals surface area contributed by atoms with E-state index in [1.54, 1.807) is 19.9 Å². The summed E-state index contributed by atoms with van der Waals surface area (Å²) in [5.41, 5.74) is 1.15. The summed E-state index contributed by atoms with van der Waals surface area (Å²) >= 11 is 12.1. The van der Waals surface area contributed by atoms with E-state index in [0.717, 1.165) is 10.9 Å². The summed E-state index contributed by atoms with van der Waals surface area (Å²) in [5, 5.41) is 16.5. The predicted molar refractivity (Wildman–Crippen MR) is 80.2 cm³/mol. The number of hydrogen-bond acceptors (Lipinski definition) is 4. The number of aromatic nitrogens is 3. The Morgan fingerprint density at radius 2 is 1.90 bits per heavy atom. The Bertz CT molecular complexity index is 844. The molecule has 21 heavy (non-hydrogen) atoms. The molecule has 0 aliphatic rings. The molecule has 0 saturated carbocycles. The molecule has 2 rings (SSSR count). The summed E-state index contributed by atoms with van der Waals surface area (Å²) in [5.74, 6) is 0. The monoisotopic (exact) mass is 349 g/mol. The second kappa shape index (κ2) is 5.15. The second-order valence-electron chi connectivity index (χ2n) is 4.77. The molecule has 0 amide bonds. The molecule has 0 fully saturated rings. The number of rotatable bonds is 2. The first-order chi connectivity index (χ1) is 9.55. The summed E-state index contributed by atoms with van der Waals surface area (Å²) in [6.45, 7) is 3.24. The van der Waals surface area contributed by atoms with Gasteiger partial charge in [0.05, 0.1) is 0 Å². The molecular weight excluding hydrogens is 337 g/mol. The molecular formula is C12H13Cl2N3O3S. The zero-order valence-corrected chi connectivity index (χ0v) is 14.1. The van der Waals surface area contributed by atoms with Crippen LogP contribution in [0.25, 0.3) is 11.4 Å². The molecule has 0 atom stereocenters. The molecule has 2 aromatic heterocycles. The van der Waals surface area contributed by atoms with Gasteiger partial charge in [-0.3, -0.25) is 4.68 Å². The van der Waals surface area contributed by atoms with Gasteiger partial charge in [-0.2, -0.15) is 9.83 Å². The van der Waals surface area contributed by atoms with Crippen molar-refractivity contribution in [1.82, 2.24) is 9.78 Å². The summed E-state index contributed by atoms with van der Waals surface area (Å²) < 4.78 is 25.3. The van der Waals surface area contributed by atoms with Gasteiger partial charge in [-0.05, 0) is 13.0 Å². The second-order valence-corrected chi connectivity index (χ2v) is 7.48. The van der Waals surface area contributed by atoms with Crippen LogP contribution >= 0.6 is 23.2 Å². The minimum Gasteiger partial charge on any atom is -0.618 e. The number of aryl methyl sites for hydroxylation is 2. The fraction of sp³-hybridized carbons (Fsp3) is 0.333. The molecule has 0 saturated heterocycles. The lowest BCUT2D eigenvalue weighted by molar-refractivity contribution is -0.601. The van der Waals surface area contributed by atoms with Crippen molar-refractivity contribution in [2.75, 3.05) is 6.26 Å². The van der Waals surface area contributed by atoms with E-state index in [4.69, 9.17) is 23.2 Å². The maximum absolute atomic E-state index is 12.3. The smallest absolute Gasteiger partial charge is 0.249 e. The maximum atomic E-state index is 12.3. The number of sulfone groups is 1. The standard InChI is InChI=1S/C12H13Cl2N3O3S/c1-6-5-8(13)7(2)17(18)11(6)10-9(14)12(16(3)15-10)21(4,19)20/h5H,1-4H3. The van der Waals surface area contributed by atoms with Crippen molar-refractivity contribution in [3.8, 4) is 11.4 Å². The summed E-state index contributed by atoms with van der Waals surface area (Å²) in [7, 11) is -2.11. The van der Waals surface area contributed by atoms with Crippen molar-refractivity contribution in [3.05, 3.63) is 32.6 Å². The Morgan fingerprint density at radius 1 is 1.33 bits per heavy atom. The van der Waals surface area contributed by atoms with Gasteiger partial charge < -0.3 is 5.21 Å². The molecule has 0 unspecified atom stereocenters. The third-order valence-corrected chi connectivity index (χ3v) is 5.11. The lowest BCUT2D eigenvalue weighted by Gasteiger charge is -2.09. The van der Waals surface area contributed by atoms with Crippen LogP contribution in [0.3, 0.4) is 0 Å². The number of halogens is 2. The zero-order valence-electron chi connectivity index (χ0n) is 11.8. The van der Waals surface area contributed by atoms with Gasteiger partial charge in [-0.25, -0.2) is 8.42 Å². The largest absolute Gasteiger partial charge is 0.618 e. The van der Waals surface area contributed by atoms with Crippen molar-refractivity contribution < 1.29 is 13.1 Å². The van der Waals surface area contributed by atoms with Gasteiger partial charge >= 0.3 is 0 Å². The van der Waals surface area contributed by atoms with Crippen LogP contribution in [0.2, 0.25) is 10.0 Å². The minimum absolute atomic E-state index is 0.0746. The molecule has 0 aliphatic heterocycles. The van der Waals surface area contributed by atoms with Crippen LogP contribution in [0.5, 0.6) is 0 Å². The number of nitrogens with zero attached hydrogens (tertiary/aromatic N) is 3. The Labute approximate surface area is 132 Å². The Morgan fingerprint density at radius 3 is 2.38 bits per heavy atom. The highest BCUT2D eigenvalue weighted by Crippen LogP contribution is 2.33. The van der Waals surface area contributed by atoms with Crippen LogP contribution in [-0.2, 0) is 16.9 Å². The number of hydrogen-bond donors (Lipinski definition) is 0. The highest BCUT2D eigenvalue weighted by atomic mass is 35.5. The fourth-order valence-corrected chi connectivity index (χ4v) is 3.96. The van der Waals surface area contributed by atoms with Crippen molar-refractivity contribution in [2.24, 2.45) is 7.05 Å².